The van der Waals surface area contributed by atoms with Gasteiger partial charge < -0.3 is 21.9 Å². The molecule has 0 N–H and O–H groups in total. The Morgan fingerprint density at radius 3 is 2.06 bits per heavy atom. The fraction of sp³-hybridized carbons (Fsp3) is 0.586. The molecule has 0 saturated carbocycles. The molecule has 2 rings (SSSR count). The second kappa shape index (κ2) is 14.7. The van der Waals surface area contributed by atoms with Crippen molar-refractivity contribution in [3.8, 4) is 11.5 Å². The van der Waals surface area contributed by atoms with Gasteiger partial charge in [0.25, 0.3) is 0 Å². The average Bonchev–Trinajstić information content (AvgIpc) is 2.81. The molecule has 0 aromatic heterocycles. The van der Waals surface area contributed by atoms with E-state index in [1.807, 2.05) is 30.3 Å². The number of benzene rings is 2. The summed E-state index contributed by atoms with van der Waals surface area (Å²) >= 11 is 0. The van der Waals surface area contributed by atoms with E-state index in [1.54, 1.807) is 0 Å². The van der Waals surface area contributed by atoms with E-state index in [0.717, 1.165) is 35.4 Å². The van der Waals surface area contributed by atoms with E-state index in [-0.39, 0.29) is 12.4 Å². The van der Waals surface area contributed by atoms with Crippen molar-refractivity contribution in [3.63, 3.8) is 0 Å². The number of para-hydroxylation sites is 2. The van der Waals surface area contributed by atoms with E-state index >= 15 is 0 Å². The molecule has 0 aliphatic carbocycles. The van der Waals surface area contributed by atoms with Crippen LogP contribution in [-0.4, -0.2) is 31.7 Å². The molecule has 2 aromatic rings. The summed E-state index contributed by atoms with van der Waals surface area (Å²) in [5.41, 5.74) is 2.00. The van der Waals surface area contributed by atoms with Crippen LogP contribution in [0.1, 0.15) is 83.8 Å². The molecule has 1 unspecified atom stereocenters. The van der Waals surface area contributed by atoms with Crippen molar-refractivity contribution in [2.75, 3.05) is 27.2 Å². The third-order valence-corrected chi connectivity index (χ3v) is 6.91. The topological polar surface area (TPSA) is 18.5 Å². The first-order valence-electron chi connectivity index (χ1n) is 12.8. The molecule has 0 spiro atoms. The number of rotatable bonds is 15. The number of unbranched alkanes of at least 4 members (excludes halogenated alkanes) is 5. The second-order valence-electron chi connectivity index (χ2n) is 9.30. The average molecular weight is 476 g/mol. The van der Waals surface area contributed by atoms with Gasteiger partial charge in [-0.3, -0.25) is 4.48 Å². The molecule has 0 bridgehead atoms. The molecule has 0 radical (unpaired) electrons. The van der Waals surface area contributed by atoms with Crippen molar-refractivity contribution in [2.24, 2.45) is 0 Å². The molecule has 186 valence electrons. The van der Waals surface area contributed by atoms with Crippen LogP contribution in [0.25, 0.3) is 0 Å². The number of hydrogen-bond donors (Lipinski definition) is 0. The van der Waals surface area contributed by atoms with Gasteiger partial charge in [0, 0.05) is 6.42 Å². The summed E-state index contributed by atoms with van der Waals surface area (Å²) in [6.45, 7) is 10.5. The summed E-state index contributed by atoms with van der Waals surface area (Å²) in [4.78, 5) is 0. The highest BCUT2D eigenvalue weighted by Gasteiger charge is 2.48. The highest BCUT2D eigenvalue weighted by Crippen LogP contribution is 2.45. The number of ether oxygens (including phenoxy) is 2. The Kier molecular flexibility index (Phi) is 13.1. The Labute approximate surface area is 209 Å². The standard InChI is InChI=1S/C29H46NO2.ClH/c1-7-11-12-13-14-16-20-25-21-19-24-27(28(25)32-26-22-17-15-18-23-26)29(8-2,31-10-4)30(5,6)9-3;/h15,17-19,21-24H,7-14,16,20H2,1-6H3;1H/q+1;/p-1. The van der Waals surface area contributed by atoms with Crippen LogP contribution in [0.15, 0.2) is 48.5 Å². The predicted octanol–water partition coefficient (Wildman–Crippen LogP) is 5.08. The molecule has 2 aromatic carbocycles. The van der Waals surface area contributed by atoms with Crippen LogP contribution in [0, 0.1) is 0 Å². The maximum atomic E-state index is 6.64. The fourth-order valence-electron chi connectivity index (χ4n) is 4.71. The lowest BCUT2D eigenvalue weighted by atomic mass is 9.91. The van der Waals surface area contributed by atoms with Gasteiger partial charge in [0.05, 0.1) is 32.8 Å². The van der Waals surface area contributed by atoms with E-state index in [4.69, 9.17) is 9.47 Å². The van der Waals surface area contributed by atoms with Crippen molar-refractivity contribution < 1.29 is 26.4 Å². The second-order valence-corrected chi connectivity index (χ2v) is 9.30. The SMILES string of the molecule is CCCCCCCCc1cccc(C(CC)(OCC)[N+](C)(C)CC)c1Oc1ccccc1.[Cl-]. The zero-order valence-corrected chi connectivity index (χ0v) is 22.6. The van der Waals surface area contributed by atoms with E-state index < -0.39 is 5.72 Å². The molecular formula is C29H46ClNO2. The Morgan fingerprint density at radius 2 is 1.45 bits per heavy atom. The summed E-state index contributed by atoms with van der Waals surface area (Å²) in [6.07, 6.45) is 9.68. The number of halogens is 1. The highest BCUT2D eigenvalue weighted by atomic mass is 35.5. The molecule has 0 heterocycles. The third-order valence-electron chi connectivity index (χ3n) is 6.91. The summed E-state index contributed by atoms with van der Waals surface area (Å²) in [5, 5.41) is 0. The van der Waals surface area contributed by atoms with Gasteiger partial charge in [-0.25, -0.2) is 0 Å². The van der Waals surface area contributed by atoms with Gasteiger partial charge in [0.15, 0.2) is 0 Å². The summed E-state index contributed by atoms with van der Waals surface area (Å²) in [7, 11) is 4.54. The van der Waals surface area contributed by atoms with Crippen LogP contribution < -0.4 is 17.1 Å². The van der Waals surface area contributed by atoms with Crippen LogP contribution in [-0.2, 0) is 16.9 Å². The number of quaternary nitrogens is 1. The smallest absolute Gasteiger partial charge is 0.233 e. The van der Waals surface area contributed by atoms with Gasteiger partial charge in [-0.15, -0.1) is 0 Å². The minimum absolute atomic E-state index is 0. The Bertz CT molecular complexity index is 793. The van der Waals surface area contributed by atoms with Gasteiger partial charge in [0.1, 0.15) is 11.5 Å². The molecule has 3 nitrogen and oxygen atoms in total. The molecule has 0 aliphatic heterocycles. The van der Waals surface area contributed by atoms with Crippen LogP contribution in [0.3, 0.4) is 0 Å². The largest absolute Gasteiger partial charge is 1.00 e. The normalized spacial score (nSPS) is 13.3. The molecule has 4 heteroatoms. The Morgan fingerprint density at radius 1 is 0.788 bits per heavy atom. The molecule has 0 amide bonds. The van der Waals surface area contributed by atoms with Crippen LogP contribution in [0.4, 0.5) is 0 Å². The lowest BCUT2D eigenvalue weighted by Crippen LogP contribution is -3.00. The van der Waals surface area contributed by atoms with E-state index in [2.05, 4.69) is 60.0 Å². The van der Waals surface area contributed by atoms with Crippen LogP contribution in [0.5, 0.6) is 11.5 Å². The molecule has 1 atom stereocenters. The number of aryl methyl sites for hydroxylation is 1. The van der Waals surface area contributed by atoms with E-state index in [9.17, 15) is 0 Å². The van der Waals surface area contributed by atoms with Gasteiger partial charge >= 0.3 is 0 Å². The Hall–Kier alpha value is -1.55. The van der Waals surface area contributed by atoms with Crippen molar-refractivity contribution in [1.29, 1.82) is 0 Å². The van der Waals surface area contributed by atoms with Crippen LogP contribution in [0.2, 0.25) is 0 Å². The fourth-order valence-corrected chi connectivity index (χ4v) is 4.71. The molecule has 0 aliphatic rings. The van der Waals surface area contributed by atoms with Crippen molar-refractivity contribution in [2.45, 2.75) is 84.8 Å². The van der Waals surface area contributed by atoms with Crippen molar-refractivity contribution in [1.82, 2.24) is 0 Å². The first-order valence-corrected chi connectivity index (χ1v) is 12.8. The maximum absolute atomic E-state index is 6.64. The first kappa shape index (κ1) is 29.5. The van der Waals surface area contributed by atoms with Crippen molar-refractivity contribution >= 4 is 0 Å². The molecular weight excluding hydrogens is 430 g/mol. The van der Waals surface area contributed by atoms with E-state index in [0.29, 0.717) is 6.61 Å². The quantitative estimate of drug-likeness (QED) is 0.203. The number of hydrogen-bond acceptors (Lipinski definition) is 2. The predicted molar refractivity (Wildman–Crippen MR) is 136 cm³/mol. The minimum Gasteiger partial charge on any atom is -1.00 e. The molecule has 0 fully saturated rings. The van der Waals surface area contributed by atoms with E-state index in [1.165, 1.54) is 49.7 Å². The molecule has 0 saturated heterocycles. The van der Waals surface area contributed by atoms with Gasteiger partial charge in [0.2, 0.25) is 5.72 Å². The Balaban J connectivity index is 0.00000544. The summed E-state index contributed by atoms with van der Waals surface area (Å²) in [6, 6.07) is 16.8. The summed E-state index contributed by atoms with van der Waals surface area (Å²) < 4.78 is 14.0. The van der Waals surface area contributed by atoms with Gasteiger partial charge in [-0.05, 0) is 50.5 Å². The minimum atomic E-state index is -0.454. The monoisotopic (exact) mass is 475 g/mol. The number of nitrogens with zero attached hydrogens (tertiary/aromatic N) is 1. The van der Waals surface area contributed by atoms with Crippen LogP contribution >= 0.6 is 0 Å². The zero-order valence-electron chi connectivity index (χ0n) is 21.8. The maximum Gasteiger partial charge on any atom is 0.233 e. The van der Waals surface area contributed by atoms with Gasteiger partial charge in [-0.2, -0.15) is 0 Å². The highest BCUT2D eigenvalue weighted by molar-refractivity contribution is 5.47. The van der Waals surface area contributed by atoms with Gasteiger partial charge in [-0.1, -0.05) is 76.3 Å². The first-order chi connectivity index (χ1) is 15.5. The lowest BCUT2D eigenvalue weighted by molar-refractivity contribution is -0.976. The van der Waals surface area contributed by atoms with Crippen molar-refractivity contribution in [3.05, 3.63) is 59.7 Å². The lowest BCUT2D eigenvalue weighted by Gasteiger charge is -2.47. The zero-order chi connectivity index (χ0) is 23.5. The summed E-state index contributed by atoms with van der Waals surface area (Å²) in [5.74, 6) is 1.87. The third kappa shape index (κ3) is 7.47. The molecule has 33 heavy (non-hydrogen) atoms.